The molecule has 8 heteroatoms. The van der Waals surface area contributed by atoms with Crippen LogP contribution < -0.4 is 5.32 Å². The van der Waals surface area contributed by atoms with E-state index in [4.69, 9.17) is 0 Å². The topological polar surface area (TPSA) is 96.0 Å². The third kappa shape index (κ3) is 4.90. The van der Waals surface area contributed by atoms with Crippen LogP contribution in [0.5, 0.6) is 0 Å². The standard InChI is InChI=1S/C13H19N3O5/c1-15(7-5-11(18)14-9-17)8-12(19)16-6-3-4-10(16)13(20)21-2/h5,7,9-10H,3-4,6,8H2,1-2H3,(H,14,17,18)/b7-5-. The molecule has 1 atom stereocenters. The van der Waals surface area contributed by atoms with Crippen molar-refractivity contribution in [1.29, 1.82) is 0 Å². The van der Waals surface area contributed by atoms with Gasteiger partial charge in [0.05, 0.1) is 13.7 Å². The van der Waals surface area contributed by atoms with Crippen molar-refractivity contribution in [2.75, 3.05) is 27.2 Å². The number of methoxy groups -OCH3 is 1. The van der Waals surface area contributed by atoms with Crippen LogP contribution in [-0.2, 0) is 23.9 Å². The predicted octanol–water partition coefficient (Wildman–Crippen LogP) is -1.13. The number of likely N-dealkylation sites (tertiary alicyclic amines) is 1. The van der Waals surface area contributed by atoms with E-state index in [-0.39, 0.29) is 18.9 Å². The highest BCUT2D eigenvalue weighted by atomic mass is 16.5. The van der Waals surface area contributed by atoms with Crippen molar-refractivity contribution < 1.29 is 23.9 Å². The quantitative estimate of drug-likeness (QED) is 0.378. The van der Waals surface area contributed by atoms with Crippen molar-refractivity contribution >= 4 is 24.2 Å². The molecule has 0 radical (unpaired) electrons. The highest BCUT2D eigenvalue weighted by Crippen LogP contribution is 2.18. The van der Waals surface area contributed by atoms with Crippen LogP contribution in [-0.4, -0.2) is 67.3 Å². The molecule has 0 saturated carbocycles. The monoisotopic (exact) mass is 297 g/mol. The Balaban J connectivity index is 2.53. The summed E-state index contributed by atoms with van der Waals surface area (Å²) >= 11 is 0. The van der Waals surface area contributed by atoms with Gasteiger partial charge in [0.15, 0.2) is 0 Å². The Kier molecular flexibility index (Phi) is 6.38. The molecule has 3 amide bonds. The average molecular weight is 297 g/mol. The second-order valence-electron chi connectivity index (χ2n) is 4.63. The van der Waals surface area contributed by atoms with Crippen LogP contribution in [0.4, 0.5) is 0 Å². The van der Waals surface area contributed by atoms with E-state index in [0.717, 1.165) is 12.5 Å². The van der Waals surface area contributed by atoms with Crippen LogP contribution in [0.1, 0.15) is 12.8 Å². The molecule has 116 valence electrons. The smallest absolute Gasteiger partial charge is 0.328 e. The summed E-state index contributed by atoms with van der Waals surface area (Å²) in [5.74, 6) is -1.20. The summed E-state index contributed by atoms with van der Waals surface area (Å²) in [5, 5.41) is 1.95. The van der Waals surface area contributed by atoms with Crippen molar-refractivity contribution in [2.24, 2.45) is 0 Å². The van der Waals surface area contributed by atoms with Crippen molar-refractivity contribution in [3.05, 3.63) is 12.3 Å². The zero-order valence-corrected chi connectivity index (χ0v) is 12.1. The normalized spacial score (nSPS) is 17.6. The van der Waals surface area contributed by atoms with E-state index in [2.05, 4.69) is 4.74 Å². The average Bonchev–Trinajstić information content (AvgIpc) is 2.94. The second-order valence-corrected chi connectivity index (χ2v) is 4.63. The van der Waals surface area contributed by atoms with Crippen molar-refractivity contribution in [3.63, 3.8) is 0 Å². The molecule has 1 N–H and O–H groups in total. The van der Waals surface area contributed by atoms with Crippen LogP contribution in [0.2, 0.25) is 0 Å². The maximum absolute atomic E-state index is 12.1. The Morgan fingerprint density at radius 2 is 2.14 bits per heavy atom. The van der Waals surface area contributed by atoms with E-state index < -0.39 is 17.9 Å². The number of ether oxygens (including phenoxy) is 1. The Morgan fingerprint density at radius 1 is 1.43 bits per heavy atom. The fourth-order valence-electron chi connectivity index (χ4n) is 2.10. The van der Waals surface area contributed by atoms with E-state index in [1.54, 1.807) is 7.05 Å². The first-order valence-corrected chi connectivity index (χ1v) is 6.49. The summed E-state index contributed by atoms with van der Waals surface area (Å²) in [7, 11) is 2.91. The first-order chi connectivity index (χ1) is 9.99. The van der Waals surface area contributed by atoms with Crippen LogP contribution in [0.25, 0.3) is 0 Å². The van der Waals surface area contributed by atoms with Crippen molar-refractivity contribution in [1.82, 2.24) is 15.1 Å². The van der Waals surface area contributed by atoms with Gasteiger partial charge < -0.3 is 14.5 Å². The van der Waals surface area contributed by atoms with Gasteiger partial charge in [-0.2, -0.15) is 0 Å². The molecule has 0 aliphatic carbocycles. The number of nitrogens with zero attached hydrogens (tertiary/aromatic N) is 2. The van der Waals surface area contributed by atoms with Crippen molar-refractivity contribution in [3.8, 4) is 0 Å². The van der Waals surface area contributed by atoms with E-state index >= 15 is 0 Å². The number of amides is 3. The van der Waals surface area contributed by atoms with Gasteiger partial charge in [-0.1, -0.05) is 0 Å². The molecular weight excluding hydrogens is 278 g/mol. The Labute approximate surface area is 122 Å². The number of hydrogen-bond acceptors (Lipinski definition) is 6. The van der Waals surface area contributed by atoms with Gasteiger partial charge in [0.25, 0.3) is 5.91 Å². The highest BCUT2D eigenvalue weighted by molar-refractivity contribution is 5.94. The Bertz CT molecular complexity index is 449. The maximum atomic E-state index is 12.1. The summed E-state index contributed by atoms with van der Waals surface area (Å²) < 4.78 is 4.68. The van der Waals surface area contributed by atoms with Gasteiger partial charge in [-0.3, -0.25) is 19.7 Å². The van der Waals surface area contributed by atoms with Gasteiger partial charge in [-0.05, 0) is 12.8 Å². The van der Waals surface area contributed by atoms with Gasteiger partial charge in [0.2, 0.25) is 12.3 Å². The van der Waals surface area contributed by atoms with Gasteiger partial charge in [-0.15, -0.1) is 0 Å². The summed E-state index contributed by atoms with van der Waals surface area (Å²) in [6.45, 7) is 0.542. The minimum absolute atomic E-state index is 0.0262. The van der Waals surface area contributed by atoms with Crippen LogP contribution in [0.3, 0.4) is 0 Å². The molecule has 1 saturated heterocycles. The zero-order valence-electron chi connectivity index (χ0n) is 12.1. The van der Waals surface area contributed by atoms with Gasteiger partial charge in [-0.25, -0.2) is 4.79 Å². The highest BCUT2D eigenvalue weighted by Gasteiger charge is 2.34. The lowest BCUT2D eigenvalue weighted by molar-refractivity contribution is -0.151. The summed E-state index contributed by atoms with van der Waals surface area (Å²) in [4.78, 5) is 47.8. The minimum atomic E-state index is -0.571. The number of likely N-dealkylation sites (N-methyl/N-ethyl adjacent to an activating group) is 1. The molecule has 0 bridgehead atoms. The molecule has 1 fully saturated rings. The number of carbonyl (C=O) groups excluding carboxylic acids is 4. The van der Waals surface area contributed by atoms with Crippen LogP contribution in [0, 0.1) is 0 Å². The summed E-state index contributed by atoms with van der Waals surface area (Å²) in [5.41, 5.74) is 0. The van der Waals surface area contributed by atoms with E-state index in [1.807, 2.05) is 5.32 Å². The molecule has 0 aromatic heterocycles. The molecule has 1 heterocycles. The lowest BCUT2D eigenvalue weighted by atomic mass is 10.2. The molecule has 1 aliphatic heterocycles. The zero-order chi connectivity index (χ0) is 15.8. The number of rotatable bonds is 6. The number of hydrogen-bond donors (Lipinski definition) is 1. The van der Waals surface area contributed by atoms with Crippen LogP contribution >= 0.6 is 0 Å². The van der Waals surface area contributed by atoms with Crippen LogP contribution in [0.15, 0.2) is 12.3 Å². The van der Waals surface area contributed by atoms with E-state index in [1.165, 1.54) is 23.1 Å². The molecule has 0 aromatic carbocycles. The summed E-state index contributed by atoms with van der Waals surface area (Å²) in [6, 6.07) is -0.529. The SMILES string of the molecule is COC(=O)C1CCCN1C(=O)CN(C)/C=C\C(=O)NC=O. The minimum Gasteiger partial charge on any atom is -0.467 e. The molecule has 1 unspecified atom stereocenters. The first kappa shape index (κ1) is 16.7. The van der Waals surface area contributed by atoms with E-state index in [0.29, 0.717) is 13.0 Å². The van der Waals surface area contributed by atoms with E-state index in [9.17, 15) is 19.2 Å². The third-order valence-electron chi connectivity index (χ3n) is 3.11. The fourth-order valence-corrected chi connectivity index (χ4v) is 2.10. The molecule has 0 spiro atoms. The largest absolute Gasteiger partial charge is 0.467 e. The van der Waals surface area contributed by atoms with Gasteiger partial charge in [0, 0.05) is 25.9 Å². The van der Waals surface area contributed by atoms with Gasteiger partial charge in [0.1, 0.15) is 6.04 Å². The second kappa shape index (κ2) is 8.03. The third-order valence-corrected chi connectivity index (χ3v) is 3.11. The number of esters is 1. The number of nitrogens with one attached hydrogen (secondary N) is 1. The molecule has 8 nitrogen and oxygen atoms in total. The summed E-state index contributed by atoms with van der Waals surface area (Å²) in [6.07, 6.45) is 4.17. The molecule has 21 heavy (non-hydrogen) atoms. The lowest BCUT2D eigenvalue weighted by Crippen LogP contribution is -2.44. The lowest BCUT2D eigenvalue weighted by Gasteiger charge is -2.24. The fraction of sp³-hybridized carbons (Fsp3) is 0.538. The van der Waals surface area contributed by atoms with Crippen molar-refractivity contribution in [2.45, 2.75) is 18.9 Å². The molecular formula is C13H19N3O5. The van der Waals surface area contributed by atoms with Gasteiger partial charge >= 0.3 is 5.97 Å². The molecule has 0 aromatic rings. The Hall–Kier alpha value is -2.38. The molecule has 1 aliphatic rings. The number of imide groups is 1. The Morgan fingerprint density at radius 3 is 2.76 bits per heavy atom. The number of carbonyl (C=O) groups is 4. The maximum Gasteiger partial charge on any atom is 0.328 e. The molecule has 1 rings (SSSR count). The predicted molar refractivity (Wildman–Crippen MR) is 72.7 cm³/mol. The first-order valence-electron chi connectivity index (χ1n) is 6.49.